The first kappa shape index (κ1) is 15.7. The highest BCUT2D eigenvalue weighted by molar-refractivity contribution is 5.73. The molecule has 2 amide bonds. The van der Waals surface area contributed by atoms with Crippen molar-refractivity contribution in [1.82, 2.24) is 10.6 Å². The quantitative estimate of drug-likeness (QED) is 0.755. The molecular weight excluding hydrogens is 275 g/mol. The van der Waals surface area contributed by atoms with Gasteiger partial charge in [0.15, 0.2) is 0 Å². The zero-order chi connectivity index (χ0) is 14.9. The molecule has 1 aliphatic heterocycles. The molecule has 6 heteroatoms. The van der Waals surface area contributed by atoms with Gasteiger partial charge in [0.2, 0.25) is 0 Å². The van der Waals surface area contributed by atoms with Crippen molar-refractivity contribution in [2.75, 3.05) is 26.4 Å². The van der Waals surface area contributed by atoms with Crippen molar-refractivity contribution in [3.8, 4) is 0 Å². The highest BCUT2D eigenvalue weighted by atomic mass is 19.1. The van der Waals surface area contributed by atoms with E-state index in [1.807, 2.05) is 0 Å². The maximum Gasteiger partial charge on any atom is 0.315 e. The summed E-state index contributed by atoms with van der Waals surface area (Å²) in [6.07, 6.45) is 2.34. The van der Waals surface area contributed by atoms with Crippen molar-refractivity contribution < 1.29 is 18.7 Å². The van der Waals surface area contributed by atoms with Crippen LogP contribution in [0.1, 0.15) is 18.4 Å². The summed E-state index contributed by atoms with van der Waals surface area (Å²) in [6.45, 7) is 2.57. The van der Waals surface area contributed by atoms with Crippen LogP contribution >= 0.6 is 0 Å². The molecule has 1 saturated heterocycles. The Labute approximate surface area is 123 Å². The van der Waals surface area contributed by atoms with Crippen LogP contribution in [0.3, 0.4) is 0 Å². The second-order valence-corrected chi connectivity index (χ2v) is 4.95. The molecule has 1 heterocycles. The fraction of sp³-hybridized carbons (Fsp3) is 0.533. The van der Waals surface area contributed by atoms with E-state index in [1.165, 1.54) is 12.1 Å². The minimum atomic E-state index is -0.308. The first-order valence-electron chi connectivity index (χ1n) is 7.19. The lowest BCUT2D eigenvalue weighted by Gasteiger charge is -2.11. The average molecular weight is 296 g/mol. The molecular formula is C15H21FN2O3. The van der Waals surface area contributed by atoms with Gasteiger partial charge in [-0.3, -0.25) is 0 Å². The van der Waals surface area contributed by atoms with Crippen molar-refractivity contribution >= 4 is 6.03 Å². The molecule has 0 aliphatic carbocycles. The fourth-order valence-corrected chi connectivity index (χ4v) is 2.12. The molecule has 0 radical (unpaired) electrons. The number of ether oxygens (including phenoxy) is 2. The van der Waals surface area contributed by atoms with Crippen molar-refractivity contribution in [2.45, 2.75) is 25.5 Å². The third kappa shape index (κ3) is 6.10. The summed E-state index contributed by atoms with van der Waals surface area (Å²) in [6, 6.07) is 5.84. The van der Waals surface area contributed by atoms with Gasteiger partial charge in [0.25, 0.3) is 0 Å². The molecule has 2 N–H and O–H groups in total. The van der Waals surface area contributed by atoms with E-state index < -0.39 is 0 Å². The van der Waals surface area contributed by atoms with Crippen LogP contribution in [0.4, 0.5) is 9.18 Å². The van der Waals surface area contributed by atoms with E-state index in [4.69, 9.17) is 9.47 Å². The van der Waals surface area contributed by atoms with Crippen LogP contribution in [0, 0.1) is 5.82 Å². The lowest BCUT2D eigenvalue weighted by Crippen LogP contribution is -2.37. The van der Waals surface area contributed by atoms with Crippen LogP contribution in [0.15, 0.2) is 24.3 Å². The number of amides is 2. The maximum absolute atomic E-state index is 13.0. The normalized spacial score (nSPS) is 17.7. The number of urea groups is 1. The molecule has 0 saturated carbocycles. The number of nitrogens with one attached hydrogen (secondary N) is 2. The predicted molar refractivity (Wildman–Crippen MR) is 76.4 cm³/mol. The van der Waals surface area contributed by atoms with Crippen LogP contribution in [-0.4, -0.2) is 38.5 Å². The third-order valence-corrected chi connectivity index (χ3v) is 3.20. The monoisotopic (exact) mass is 296 g/mol. The number of hydrogen-bond acceptors (Lipinski definition) is 3. The lowest BCUT2D eigenvalue weighted by molar-refractivity contribution is 0.0188. The molecule has 0 unspecified atom stereocenters. The Morgan fingerprint density at radius 1 is 1.43 bits per heavy atom. The molecule has 1 aromatic rings. The predicted octanol–water partition coefficient (Wildman–Crippen LogP) is 1.82. The van der Waals surface area contributed by atoms with Gasteiger partial charge in [-0.1, -0.05) is 12.1 Å². The first-order chi connectivity index (χ1) is 10.2. The molecule has 5 nitrogen and oxygen atoms in total. The van der Waals surface area contributed by atoms with E-state index in [-0.39, 0.29) is 18.0 Å². The van der Waals surface area contributed by atoms with E-state index >= 15 is 0 Å². The smallest absolute Gasteiger partial charge is 0.315 e. The summed E-state index contributed by atoms with van der Waals surface area (Å²) in [7, 11) is 0. The van der Waals surface area contributed by atoms with Gasteiger partial charge in [-0.25, -0.2) is 9.18 Å². The number of rotatable bonds is 7. The molecule has 2 rings (SSSR count). The molecule has 1 aromatic carbocycles. The minimum Gasteiger partial charge on any atom is -0.377 e. The van der Waals surface area contributed by atoms with Crippen LogP contribution in [-0.2, 0) is 16.0 Å². The van der Waals surface area contributed by atoms with Crippen LogP contribution < -0.4 is 10.6 Å². The van der Waals surface area contributed by atoms with Crippen molar-refractivity contribution in [1.29, 1.82) is 0 Å². The van der Waals surface area contributed by atoms with Gasteiger partial charge in [-0.15, -0.1) is 0 Å². The summed E-state index contributed by atoms with van der Waals surface area (Å²) in [5, 5.41) is 5.34. The Bertz CT molecular complexity index is 450. The highest BCUT2D eigenvalue weighted by Gasteiger charge is 2.14. The van der Waals surface area contributed by atoms with E-state index in [2.05, 4.69) is 10.6 Å². The van der Waals surface area contributed by atoms with Gasteiger partial charge in [0.05, 0.1) is 19.3 Å². The zero-order valence-electron chi connectivity index (χ0n) is 11.9. The molecule has 1 atom stereocenters. The van der Waals surface area contributed by atoms with Gasteiger partial charge < -0.3 is 20.1 Å². The lowest BCUT2D eigenvalue weighted by atomic mass is 10.2. The molecule has 21 heavy (non-hydrogen) atoms. The highest BCUT2D eigenvalue weighted by Crippen LogP contribution is 2.11. The molecule has 1 aliphatic rings. The van der Waals surface area contributed by atoms with Crippen molar-refractivity contribution in [2.24, 2.45) is 0 Å². The van der Waals surface area contributed by atoms with E-state index in [0.29, 0.717) is 26.3 Å². The Kier molecular flexibility index (Phi) is 6.43. The Morgan fingerprint density at radius 3 is 3.10 bits per heavy atom. The largest absolute Gasteiger partial charge is 0.377 e. The summed E-state index contributed by atoms with van der Waals surface area (Å²) in [5.74, 6) is -0.308. The molecule has 0 spiro atoms. The van der Waals surface area contributed by atoms with Gasteiger partial charge in [0, 0.05) is 19.7 Å². The number of hydrogen-bond donors (Lipinski definition) is 2. The SMILES string of the molecule is O=C(NCCOC[C@@H]1CCCO1)NCc1cccc(F)c1. The van der Waals surface area contributed by atoms with Crippen molar-refractivity contribution in [3.63, 3.8) is 0 Å². The standard InChI is InChI=1S/C15H21FN2O3/c16-13-4-1-3-12(9-13)10-18-15(19)17-6-8-20-11-14-5-2-7-21-14/h1,3-4,9,14H,2,5-8,10-11H2,(H2,17,18,19)/t14-/m0/s1. The van der Waals surface area contributed by atoms with Crippen LogP contribution in [0.25, 0.3) is 0 Å². The summed E-state index contributed by atoms with van der Waals surface area (Å²) < 4.78 is 23.8. The maximum atomic E-state index is 13.0. The van der Waals surface area contributed by atoms with E-state index in [9.17, 15) is 9.18 Å². The Hall–Kier alpha value is -1.66. The molecule has 0 aromatic heterocycles. The number of carbonyl (C=O) groups is 1. The molecule has 116 valence electrons. The third-order valence-electron chi connectivity index (χ3n) is 3.20. The summed E-state index contributed by atoms with van der Waals surface area (Å²) >= 11 is 0. The minimum absolute atomic E-state index is 0.201. The fourth-order valence-electron chi connectivity index (χ4n) is 2.12. The number of halogens is 1. The Morgan fingerprint density at radius 2 is 2.33 bits per heavy atom. The van der Waals surface area contributed by atoms with Gasteiger partial charge in [0.1, 0.15) is 5.82 Å². The van der Waals surface area contributed by atoms with Crippen LogP contribution in [0.5, 0.6) is 0 Å². The summed E-state index contributed by atoms with van der Waals surface area (Å²) in [4.78, 5) is 11.5. The number of carbonyl (C=O) groups excluding carboxylic acids is 1. The van der Waals surface area contributed by atoms with Gasteiger partial charge in [-0.2, -0.15) is 0 Å². The first-order valence-corrected chi connectivity index (χ1v) is 7.19. The van der Waals surface area contributed by atoms with E-state index in [1.54, 1.807) is 12.1 Å². The number of benzene rings is 1. The van der Waals surface area contributed by atoms with Gasteiger partial charge >= 0.3 is 6.03 Å². The van der Waals surface area contributed by atoms with Gasteiger partial charge in [-0.05, 0) is 30.5 Å². The van der Waals surface area contributed by atoms with E-state index in [0.717, 1.165) is 25.0 Å². The molecule has 1 fully saturated rings. The Balaban J connectivity index is 1.51. The topological polar surface area (TPSA) is 59.6 Å². The second-order valence-electron chi connectivity index (χ2n) is 4.95. The average Bonchev–Trinajstić information content (AvgIpc) is 2.98. The summed E-state index contributed by atoms with van der Waals surface area (Å²) in [5.41, 5.74) is 0.722. The second kappa shape index (κ2) is 8.59. The molecule has 0 bridgehead atoms. The van der Waals surface area contributed by atoms with Crippen molar-refractivity contribution in [3.05, 3.63) is 35.6 Å². The zero-order valence-corrected chi connectivity index (χ0v) is 11.9. The van der Waals surface area contributed by atoms with Crippen LogP contribution in [0.2, 0.25) is 0 Å².